The van der Waals surface area contributed by atoms with E-state index >= 15 is 0 Å². The fraction of sp³-hybridized carbons (Fsp3) is 0.519. The predicted molar refractivity (Wildman–Crippen MR) is 141 cm³/mol. The lowest BCUT2D eigenvalue weighted by Crippen LogP contribution is -2.48. The molecule has 2 aromatic rings. The maximum atomic E-state index is 13.1. The van der Waals surface area contributed by atoms with E-state index < -0.39 is 0 Å². The van der Waals surface area contributed by atoms with Gasteiger partial charge in [0.2, 0.25) is 5.91 Å². The molecular weight excluding hydrogens is 464 g/mol. The number of benzene rings is 1. The average Bonchev–Trinajstić information content (AvgIpc) is 2.78. The Kier molecular flexibility index (Phi) is 8.00. The third-order valence-corrected chi connectivity index (χ3v) is 7.05. The number of nitrogens with zero attached hydrogens (tertiary/aromatic N) is 2. The number of carbonyl (C=O) groups excluding carboxylic acids is 2. The molecular formula is C27H37ClN4O3. The van der Waals surface area contributed by atoms with E-state index in [2.05, 4.69) is 15.2 Å². The van der Waals surface area contributed by atoms with Crippen molar-refractivity contribution < 1.29 is 9.59 Å². The molecule has 0 saturated carbocycles. The lowest BCUT2D eigenvalue weighted by atomic mass is 9.92. The number of hydrogen-bond donors (Lipinski definition) is 2. The van der Waals surface area contributed by atoms with Crippen LogP contribution in [0.3, 0.4) is 0 Å². The minimum atomic E-state index is -0.382. The summed E-state index contributed by atoms with van der Waals surface area (Å²) < 4.78 is 0. The number of nitrogens with one attached hydrogen (secondary N) is 2. The van der Waals surface area contributed by atoms with Gasteiger partial charge in [-0.25, -0.2) is 0 Å². The highest BCUT2D eigenvalue weighted by molar-refractivity contribution is 6.31. The van der Waals surface area contributed by atoms with Crippen molar-refractivity contribution >= 4 is 29.1 Å². The molecule has 2 heterocycles. The van der Waals surface area contributed by atoms with Gasteiger partial charge in [-0.15, -0.1) is 0 Å². The zero-order valence-electron chi connectivity index (χ0n) is 21.8. The molecule has 35 heavy (non-hydrogen) atoms. The molecule has 0 spiro atoms. The van der Waals surface area contributed by atoms with Gasteiger partial charge < -0.3 is 20.1 Å². The van der Waals surface area contributed by atoms with E-state index in [0.717, 1.165) is 35.3 Å². The molecule has 1 aliphatic heterocycles. The number of aryl methyl sites for hydroxylation is 2. The molecule has 190 valence electrons. The quantitative estimate of drug-likeness (QED) is 0.638. The molecule has 7 nitrogen and oxygen atoms in total. The van der Waals surface area contributed by atoms with Crippen LogP contribution < -0.4 is 15.8 Å². The first-order valence-corrected chi connectivity index (χ1v) is 12.5. The largest absolute Gasteiger partial charge is 0.371 e. The van der Waals surface area contributed by atoms with Gasteiger partial charge in [0, 0.05) is 65.7 Å². The smallest absolute Gasteiger partial charge is 0.253 e. The summed E-state index contributed by atoms with van der Waals surface area (Å²) in [5.41, 5.74) is 3.80. The van der Waals surface area contributed by atoms with Crippen LogP contribution in [-0.2, 0) is 11.3 Å². The van der Waals surface area contributed by atoms with E-state index in [4.69, 9.17) is 11.6 Å². The van der Waals surface area contributed by atoms with Crippen molar-refractivity contribution in [2.75, 3.05) is 25.0 Å². The van der Waals surface area contributed by atoms with Gasteiger partial charge in [0.05, 0.1) is 0 Å². The van der Waals surface area contributed by atoms with Crippen LogP contribution in [0.2, 0.25) is 5.02 Å². The molecule has 1 aliphatic rings. The zero-order valence-corrected chi connectivity index (χ0v) is 22.6. The van der Waals surface area contributed by atoms with Crippen molar-refractivity contribution in [3.05, 3.63) is 61.5 Å². The van der Waals surface area contributed by atoms with E-state index in [-0.39, 0.29) is 35.4 Å². The number of H-pyrrole nitrogens is 1. The van der Waals surface area contributed by atoms with Crippen molar-refractivity contribution in [3.63, 3.8) is 0 Å². The fourth-order valence-electron chi connectivity index (χ4n) is 4.76. The molecule has 1 aromatic heterocycles. The van der Waals surface area contributed by atoms with Crippen LogP contribution >= 0.6 is 11.6 Å². The number of rotatable bonds is 5. The van der Waals surface area contributed by atoms with Gasteiger partial charge in [-0.2, -0.15) is 0 Å². The first-order valence-electron chi connectivity index (χ1n) is 12.1. The van der Waals surface area contributed by atoms with Crippen molar-refractivity contribution in [1.29, 1.82) is 0 Å². The Balaban J connectivity index is 1.75. The Morgan fingerprint density at radius 1 is 1.14 bits per heavy atom. The lowest BCUT2D eigenvalue weighted by Gasteiger charge is -2.40. The molecule has 2 N–H and O–H groups in total. The number of amides is 2. The van der Waals surface area contributed by atoms with Crippen LogP contribution in [0.15, 0.2) is 23.0 Å². The lowest BCUT2D eigenvalue weighted by molar-refractivity contribution is -0.140. The summed E-state index contributed by atoms with van der Waals surface area (Å²) in [5, 5.41) is 3.36. The van der Waals surface area contributed by atoms with Crippen molar-refractivity contribution in [2.24, 2.45) is 5.41 Å². The van der Waals surface area contributed by atoms with Crippen molar-refractivity contribution in [3.8, 4) is 0 Å². The zero-order chi connectivity index (χ0) is 26.1. The van der Waals surface area contributed by atoms with Gasteiger partial charge in [-0.1, -0.05) is 32.4 Å². The number of anilines is 1. The fourth-order valence-corrected chi connectivity index (χ4v) is 4.97. The first-order chi connectivity index (χ1) is 16.3. The third kappa shape index (κ3) is 6.07. The number of aromatic nitrogens is 1. The highest BCUT2D eigenvalue weighted by Gasteiger charge is 2.32. The second-order valence-corrected chi connectivity index (χ2v) is 11.0. The summed E-state index contributed by atoms with van der Waals surface area (Å²) in [7, 11) is 2.02. The monoisotopic (exact) mass is 500 g/mol. The molecule has 1 saturated heterocycles. The second kappa shape index (κ2) is 10.4. The maximum Gasteiger partial charge on any atom is 0.253 e. The normalized spacial score (nSPS) is 14.7. The highest BCUT2D eigenvalue weighted by Crippen LogP contribution is 2.31. The van der Waals surface area contributed by atoms with E-state index in [1.807, 2.05) is 65.6 Å². The van der Waals surface area contributed by atoms with E-state index in [9.17, 15) is 14.4 Å². The number of piperidine rings is 1. The van der Waals surface area contributed by atoms with Gasteiger partial charge >= 0.3 is 0 Å². The maximum absolute atomic E-state index is 13.1. The molecule has 0 aliphatic carbocycles. The molecule has 0 atom stereocenters. The van der Waals surface area contributed by atoms with E-state index in [0.29, 0.717) is 29.2 Å². The Morgan fingerprint density at radius 2 is 1.77 bits per heavy atom. The van der Waals surface area contributed by atoms with Crippen LogP contribution in [-0.4, -0.2) is 47.9 Å². The Bertz CT molecular complexity index is 1170. The van der Waals surface area contributed by atoms with E-state index in [1.54, 1.807) is 6.07 Å². The Labute approximate surface area is 212 Å². The van der Waals surface area contributed by atoms with Crippen molar-refractivity contribution in [1.82, 2.24) is 15.2 Å². The Morgan fingerprint density at radius 3 is 2.34 bits per heavy atom. The van der Waals surface area contributed by atoms with Gasteiger partial charge in [0.1, 0.15) is 0 Å². The summed E-state index contributed by atoms with van der Waals surface area (Å²) in [6.07, 6.45) is 1.70. The number of halogens is 1. The average molecular weight is 501 g/mol. The number of aromatic amines is 1. The number of pyridine rings is 1. The SMILES string of the molecule is Cc1cc(C)c(CNC(=O)c2cc(Cl)cc(N(C)C3CCN(C(=O)C(C)(C)C)CC3)c2C)c(=O)[nH]1. The molecule has 1 aromatic carbocycles. The van der Waals surface area contributed by atoms with Gasteiger partial charge in [-0.3, -0.25) is 14.4 Å². The summed E-state index contributed by atoms with van der Waals surface area (Å²) in [6.45, 7) is 13.0. The minimum Gasteiger partial charge on any atom is -0.371 e. The van der Waals surface area contributed by atoms with Crippen LogP contribution in [0, 0.1) is 26.2 Å². The van der Waals surface area contributed by atoms with Crippen LogP contribution in [0.1, 0.15) is 66.4 Å². The molecule has 3 rings (SSSR count). The van der Waals surface area contributed by atoms with Gasteiger partial charge in [0.25, 0.3) is 11.5 Å². The highest BCUT2D eigenvalue weighted by atomic mass is 35.5. The third-order valence-electron chi connectivity index (χ3n) is 6.83. The molecule has 0 radical (unpaired) electrons. The van der Waals surface area contributed by atoms with Crippen LogP contribution in [0.25, 0.3) is 0 Å². The molecule has 8 heteroatoms. The Hall–Kier alpha value is -2.80. The molecule has 0 bridgehead atoms. The number of likely N-dealkylation sites (tertiary alicyclic amines) is 1. The summed E-state index contributed by atoms with van der Waals surface area (Å²) in [4.78, 5) is 44.9. The second-order valence-electron chi connectivity index (χ2n) is 10.6. The number of hydrogen-bond acceptors (Lipinski definition) is 4. The van der Waals surface area contributed by atoms with E-state index in [1.165, 1.54) is 0 Å². The minimum absolute atomic E-state index is 0.137. The van der Waals surface area contributed by atoms with Crippen LogP contribution in [0.4, 0.5) is 5.69 Å². The summed E-state index contributed by atoms with van der Waals surface area (Å²) in [6, 6.07) is 5.68. The van der Waals surface area contributed by atoms with Gasteiger partial charge in [0.15, 0.2) is 0 Å². The van der Waals surface area contributed by atoms with Crippen molar-refractivity contribution in [2.45, 2.75) is 67.0 Å². The van der Waals surface area contributed by atoms with Crippen LogP contribution in [0.5, 0.6) is 0 Å². The molecule has 1 fully saturated rings. The molecule has 0 unspecified atom stereocenters. The summed E-state index contributed by atoms with van der Waals surface area (Å²) >= 11 is 6.43. The molecule has 2 amide bonds. The topological polar surface area (TPSA) is 85.5 Å². The van der Waals surface area contributed by atoms with Gasteiger partial charge in [-0.05, 0) is 62.9 Å². The standard InChI is InChI=1S/C27H37ClN4O3/c1-16-12-17(2)30-25(34)22(16)15-29-24(33)21-13-19(28)14-23(18(21)3)31(7)20-8-10-32(11-9-20)26(35)27(4,5)6/h12-14,20H,8-11,15H2,1-7H3,(H,29,33)(H,30,34). The first kappa shape index (κ1) is 26.8. The predicted octanol–water partition coefficient (Wildman–Crippen LogP) is 4.36. The summed E-state index contributed by atoms with van der Waals surface area (Å²) in [5.74, 6) is -0.0937. The number of carbonyl (C=O) groups is 2.